The van der Waals surface area contributed by atoms with Gasteiger partial charge in [-0.1, -0.05) is 18.7 Å². The highest BCUT2D eigenvalue weighted by Gasteiger charge is 2.08. The minimum absolute atomic E-state index is 0.0629. The van der Waals surface area contributed by atoms with E-state index in [4.69, 9.17) is 4.42 Å². The van der Waals surface area contributed by atoms with Crippen LogP contribution in [0.25, 0.3) is 16.5 Å². The first-order chi connectivity index (χ1) is 9.25. The number of hydrogen-bond acceptors (Lipinski definition) is 3. The van der Waals surface area contributed by atoms with Crippen LogP contribution in [0.1, 0.15) is 11.3 Å². The summed E-state index contributed by atoms with van der Waals surface area (Å²) in [5.41, 5.74) is 2.06. The molecular formula is C16H11NO2. The summed E-state index contributed by atoms with van der Waals surface area (Å²) in [5, 5.41) is 0.578. The molecule has 0 spiro atoms. The molecule has 0 bridgehead atoms. The molecule has 0 saturated heterocycles. The van der Waals surface area contributed by atoms with Crippen molar-refractivity contribution in [1.29, 1.82) is 0 Å². The van der Waals surface area contributed by atoms with Crippen LogP contribution in [0.2, 0.25) is 0 Å². The molecular weight excluding hydrogens is 238 g/mol. The van der Waals surface area contributed by atoms with E-state index in [0.29, 0.717) is 22.3 Å². The first kappa shape index (κ1) is 11.4. The Morgan fingerprint density at radius 1 is 1.11 bits per heavy atom. The van der Waals surface area contributed by atoms with Crippen LogP contribution in [0.5, 0.6) is 0 Å². The molecule has 0 fully saturated rings. The number of aromatic nitrogens is 1. The largest absolute Gasteiger partial charge is 0.456 e. The fourth-order valence-electron chi connectivity index (χ4n) is 1.95. The molecule has 3 aromatic rings. The van der Waals surface area contributed by atoms with E-state index in [1.165, 1.54) is 6.07 Å². The third-order valence-electron chi connectivity index (χ3n) is 2.96. The van der Waals surface area contributed by atoms with Gasteiger partial charge in [0.1, 0.15) is 11.3 Å². The smallest absolute Gasteiger partial charge is 0.193 e. The lowest BCUT2D eigenvalue weighted by Crippen LogP contribution is -2.01. The SMILES string of the molecule is C=C(c1ccncc1)c1cc(=O)c2ccccc2o1. The molecule has 2 heterocycles. The molecule has 0 unspecified atom stereocenters. The predicted molar refractivity (Wildman–Crippen MR) is 74.9 cm³/mol. The summed E-state index contributed by atoms with van der Waals surface area (Å²) in [6, 6.07) is 12.3. The fourth-order valence-corrected chi connectivity index (χ4v) is 1.95. The van der Waals surface area contributed by atoms with Gasteiger partial charge in [0.25, 0.3) is 0 Å². The Balaban J connectivity index is 2.17. The highest BCUT2D eigenvalue weighted by atomic mass is 16.3. The van der Waals surface area contributed by atoms with Crippen molar-refractivity contribution in [3.63, 3.8) is 0 Å². The van der Waals surface area contributed by atoms with Gasteiger partial charge in [0.2, 0.25) is 0 Å². The Kier molecular flexibility index (Phi) is 2.72. The van der Waals surface area contributed by atoms with Gasteiger partial charge in [-0.15, -0.1) is 0 Å². The number of fused-ring (bicyclic) bond motifs is 1. The molecule has 0 amide bonds. The van der Waals surface area contributed by atoms with Crippen molar-refractivity contribution >= 4 is 16.5 Å². The average Bonchev–Trinajstić information content (AvgIpc) is 2.47. The summed E-state index contributed by atoms with van der Waals surface area (Å²) in [6.45, 7) is 3.98. The highest BCUT2D eigenvalue weighted by Crippen LogP contribution is 2.22. The van der Waals surface area contributed by atoms with Gasteiger partial charge in [-0.25, -0.2) is 0 Å². The summed E-state index contributed by atoms with van der Waals surface area (Å²) in [4.78, 5) is 16.0. The maximum atomic E-state index is 12.0. The van der Waals surface area contributed by atoms with Crippen LogP contribution in [0.4, 0.5) is 0 Å². The Hall–Kier alpha value is -2.68. The quantitative estimate of drug-likeness (QED) is 0.700. The van der Waals surface area contributed by atoms with Crippen LogP contribution >= 0.6 is 0 Å². The van der Waals surface area contributed by atoms with E-state index < -0.39 is 0 Å². The van der Waals surface area contributed by atoms with E-state index in [1.54, 1.807) is 24.5 Å². The van der Waals surface area contributed by atoms with Crippen molar-refractivity contribution in [3.05, 3.63) is 83.0 Å². The number of benzene rings is 1. The molecule has 0 aliphatic carbocycles. The van der Waals surface area contributed by atoms with Crippen LogP contribution in [-0.4, -0.2) is 4.98 Å². The minimum Gasteiger partial charge on any atom is -0.456 e. The normalized spacial score (nSPS) is 10.5. The van der Waals surface area contributed by atoms with Gasteiger partial charge in [-0.2, -0.15) is 0 Å². The molecule has 0 atom stereocenters. The third kappa shape index (κ3) is 2.06. The number of rotatable bonds is 2. The van der Waals surface area contributed by atoms with Crippen molar-refractivity contribution < 1.29 is 4.42 Å². The highest BCUT2D eigenvalue weighted by molar-refractivity contribution is 5.81. The average molecular weight is 249 g/mol. The van der Waals surface area contributed by atoms with Crippen molar-refractivity contribution in [1.82, 2.24) is 4.98 Å². The summed E-state index contributed by atoms with van der Waals surface area (Å²) in [6.07, 6.45) is 3.36. The van der Waals surface area contributed by atoms with Crippen LogP contribution < -0.4 is 5.43 Å². The van der Waals surface area contributed by atoms with Gasteiger partial charge in [0.15, 0.2) is 5.43 Å². The molecule has 3 heteroatoms. The molecule has 3 nitrogen and oxygen atoms in total. The summed E-state index contributed by atoms with van der Waals surface area (Å²) >= 11 is 0. The van der Waals surface area contributed by atoms with Gasteiger partial charge < -0.3 is 4.42 Å². The zero-order valence-corrected chi connectivity index (χ0v) is 10.2. The maximum Gasteiger partial charge on any atom is 0.193 e. The number of hydrogen-bond donors (Lipinski definition) is 0. The van der Waals surface area contributed by atoms with Crippen LogP contribution in [0.3, 0.4) is 0 Å². The summed E-state index contributed by atoms with van der Waals surface area (Å²) in [7, 11) is 0. The van der Waals surface area contributed by atoms with E-state index in [-0.39, 0.29) is 5.43 Å². The molecule has 0 aliphatic heterocycles. The van der Waals surface area contributed by atoms with Crippen molar-refractivity contribution in [3.8, 4) is 0 Å². The Labute approximate surface area is 109 Å². The second-order valence-electron chi connectivity index (χ2n) is 4.19. The number of para-hydroxylation sites is 1. The van der Waals surface area contributed by atoms with E-state index >= 15 is 0 Å². The molecule has 0 N–H and O–H groups in total. The van der Waals surface area contributed by atoms with Gasteiger partial charge in [-0.05, 0) is 29.8 Å². The second kappa shape index (κ2) is 4.53. The zero-order valence-electron chi connectivity index (χ0n) is 10.2. The third-order valence-corrected chi connectivity index (χ3v) is 2.96. The topological polar surface area (TPSA) is 43.1 Å². The van der Waals surface area contributed by atoms with E-state index in [0.717, 1.165) is 5.56 Å². The van der Waals surface area contributed by atoms with Crippen molar-refractivity contribution in [2.24, 2.45) is 0 Å². The minimum atomic E-state index is -0.0629. The molecule has 0 saturated carbocycles. The number of nitrogens with zero attached hydrogens (tertiary/aromatic N) is 1. The lowest BCUT2D eigenvalue weighted by molar-refractivity contribution is 0.587. The molecule has 1 aromatic carbocycles. The Bertz CT molecular complexity index is 804. The zero-order chi connectivity index (χ0) is 13.2. The Morgan fingerprint density at radius 2 is 1.84 bits per heavy atom. The Morgan fingerprint density at radius 3 is 2.63 bits per heavy atom. The van der Waals surface area contributed by atoms with E-state index in [9.17, 15) is 4.79 Å². The van der Waals surface area contributed by atoms with E-state index in [2.05, 4.69) is 11.6 Å². The van der Waals surface area contributed by atoms with Crippen LogP contribution in [0, 0.1) is 0 Å². The van der Waals surface area contributed by atoms with Crippen molar-refractivity contribution in [2.45, 2.75) is 0 Å². The van der Waals surface area contributed by atoms with Gasteiger partial charge in [0, 0.05) is 24.0 Å². The van der Waals surface area contributed by atoms with Crippen LogP contribution in [-0.2, 0) is 0 Å². The predicted octanol–water partition coefficient (Wildman–Crippen LogP) is 3.25. The first-order valence-corrected chi connectivity index (χ1v) is 5.88. The summed E-state index contributed by atoms with van der Waals surface area (Å²) in [5.74, 6) is 0.481. The lowest BCUT2D eigenvalue weighted by atomic mass is 10.1. The lowest BCUT2D eigenvalue weighted by Gasteiger charge is -2.06. The molecule has 92 valence electrons. The van der Waals surface area contributed by atoms with Gasteiger partial charge in [-0.3, -0.25) is 9.78 Å². The molecule has 0 aliphatic rings. The maximum absolute atomic E-state index is 12.0. The molecule has 3 rings (SSSR count). The molecule has 19 heavy (non-hydrogen) atoms. The van der Waals surface area contributed by atoms with Crippen molar-refractivity contribution in [2.75, 3.05) is 0 Å². The monoisotopic (exact) mass is 249 g/mol. The van der Waals surface area contributed by atoms with Gasteiger partial charge in [0.05, 0.1) is 5.39 Å². The van der Waals surface area contributed by atoms with E-state index in [1.807, 2.05) is 24.3 Å². The molecule has 0 radical (unpaired) electrons. The van der Waals surface area contributed by atoms with Crippen LogP contribution in [0.15, 0.2) is 70.6 Å². The fraction of sp³-hybridized carbons (Fsp3) is 0. The van der Waals surface area contributed by atoms with Gasteiger partial charge >= 0.3 is 0 Å². The summed E-state index contributed by atoms with van der Waals surface area (Å²) < 4.78 is 5.74. The second-order valence-corrected chi connectivity index (χ2v) is 4.19. The standard InChI is InChI=1S/C16H11NO2/c1-11(12-6-8-17-9-7-12)16-10-14(18)13-4-2-3-5-15(13)19-16/h2-10H,1H2. The first-order valence-electron chi connectivity index (χ1n) is 5.88. The molecule has 2 aromatic heterocycles. The number of pyridine rings is 1.